The number of aliphatic carboxylic acids is 1. The molecule has 106 valence electrons. The molecule has 1 aromatic rings. The first-order valence-corrected chi connectivity index (χ1v) is 7.15. The van der Waals surface area contributed by atoms with Crippen LogP contribution in [0.2, 0.25) is 0 Å². The number of rotatable bonds is 6. The Hall–Kier alpha value is -1.84. The van der Waals surface area contributed by atoms with Gasteiger partial charge in [0.15, 0.2) is 0 Å². The van der Waals surface area contributed by atoms with Crippen molar-refractivity contribution in [1.82, 2.24) is 5.32 Å². The van der Waals surface area contributed by atoms with Crippen molar-refractivity contribution in [3.05, 3.63) is 35.9 Å². The number of benzene rings is 1. The van der Waals surface area contributed by atoms with E-state index in [0.29, 0.717) is 11.8 Å². The van der Waals surface area contributed by atoms with Crippen LogP contribution in [0.5, 0.6) is 0 Å². The zero-order valence-electron chi connectivity index (χ0n) is 11.3. The first-order chi connectivity index (χ1) is 9.61. The van der Waals surface area contributed by atoms with Gasteiger partial charge < -0.3 is 10.4 Å². The average Bonchev–Trinajstić information content (AvgIpc) is 3.36. The first kappa shape index (κ1) is 13.2. The summed E-state index contributed by atoms with van der Waals surface area (Å²) >= 11 is 0. The van der Waals surface area contributed by atoms with Crippen LogP contribution in [0.15, 0.2) is 30.3 Å². The van der Waals surface area contributed by atoms with E-state index in [-0.39, 0.29) is 18.4 Å². The Labute approximate surface area is 118 Å². The van der Waals surface area contributed by atoms with E-state index < -0.39 is 11.9 Å². The van der Waals surface area contributed by atoms with Gasteiger partial charge in [-0.25, -0.2) is 0 Å². The number of nitrogens with one attached hydrogen (secondary N) is 1. The predicted molar refractivity (Wildman–Crippen MR) is 74.1 cm³/mol. The molecule has 20 heavy (non-hydrogen) atoms. The summed E-state index contributed by atoms with van der Waals surface area (Å²) in [5.41, 5.74) is 1.31. The molecule has 1 amide bonds. The summed E-state index contributed by atoms with van der Waals surface area (Å²) in [5, 5.41) is 12.1. The highest BCUT2D eigenvalue weighted by molar-refractivity contribution is 5.84. The lowest BCUT2D eigenvalue weighted by Crippen LogP contribution is -2.35. The van der Waals surface area contributed by atoms with E-state index in [1.807, 2.05) is 30.3 Å². The highest BCUT2D eigenvalue weighted by atomic mass is 16.4. The Morgan fingerprint density at radius 2 is 2.00 bits per heavy atom. The van der Waals surface area contributed by atoms with E-state index in [9.17, 15) is 14.7 Å². The van der Waals surface area contributed by atoms with Crippen LogP contribution < -0.4 is 5.32 Å². The van der Waals surface area contributed by atoms with Gasteiger partial charge in [0.1, 0.15) is 0 Å². The van der Waals surface area contributed by atoms with Gasteiger partial charge in [0, 0.05) is 12.5 Å². The quantitative estimate of drug-likeness (QED) is 0.831. The molecule has 2 fully saturated rings. The van der Waals surface area contributed by atoms with Crippen molar-refractivity contribution in [2.75, 3.05) is 6.54 Å². The first-order valence-electron chi connectivity index (χ1n) is 7.15. The van der Waals surface area contributed by atoms with Crippen LogP contribution in [0.4, 0.5) is 0 Å². The summed E-state index contributed by atoms with van der Waals surface area (Å²) in [4.78, 5) is 23.2. The summed E-state index contributed by atoms with van der Waals surface area (Å²) < 4.78 is 0. The van der Waals surface area contributed by atoms with Crippen LogP contribution in [0.1, 0.15) is 24.8 Å². The summed E-state index contributed by atoms with van der Waals surface area (Å²) in [6, 6.07) is 9.53. The number of hydrogen-bond donors (Lipinski definition) is 2. The summed E-state index contributed by atoms with van der Waals surface area (Å²) in [5.74, 6) is -1.23. The molecule has 2 unspecified atom stereocenters. The van der Waals surface area contributed by atoms with Gasteiger partial charge >= 0.3 is 5.97 Å². The fourth-order valence-corrected chi connectivity index (χ4v) is 2.92. The highest BCUT2D eigenvalue weighted by Crippen LogP contribution is 2.70. The van der Waals surface area contributed by atoms with E-state index >= 15 is 0 Å². The topological polar surface area (TPSA) is 66.4 Å². The third-order valence-electron chi connectivity index (χ3n) is 4.60. The second kappa shape index (κ2) is 4.93. The predicted octanol–water partition coefficient (Wildman–Crippen LogP) is 1.85. The van der Waals surface area contributed by atoms with Crippen LogP contribution in [-0.4, -0.2) is 23.5 Å². The minimum atomic E-state index is -0.855. The summed E-state index contributed by atoms with van der Waals surface area (Å²) in [6.45, 7) is 0.218. The molecule has 1 aromatic carbocycles. The van der Waals surface area contributed by atoms with Crippen molar-refractivity contribution in [3.8, 4) is 0 Å². The molecule has 4 heteroatoms. The van der Waals surface area contributed by atoms with Gasteiger partial charge in [-0.1, -0.05) is 30.3 Å². The third-order valence-corrected chi connectivity index (χ3v) is 4.60. The lowest BCUT2D eigenvalue weighted by atomic mass is 9.99. The molecule has 0 radical (unpaired) electrons. The second-order valence-electron chi connectivity index (χ2n) is 6.09. The van der Waals surface area contributed by atoms with E-state index in [4.69, 9.17) is 0 Å². The molecule has 0 aliphatic heterocycles. The number of hydrogen-bond acceptors (Lipinski definition) is 2. The van der Waals surface area contributed by atoms with Crippen molar-refractivity contribution < 1.29 is 14.7 Å². The zero-order valence-corrected chi connectivity index (χ0v) is 11.3. The fraction of sp³-hybridized carbons (Fsp3) is 0.500. The van der Waals surface area contributed by atoms with Gasteiger partial charge in [0.05, 0.1) is 5.92 Å². The van der Waals surface area contributed by atoms with Gasteiger partial charge in [-0.15, -0.1) is 0 Å². The largest absolute Gasteiger partial charge is 0.481 e. The van der Waals surface area contributed by atoms with Gasteiger partial charge in [0.2, 0.25) is 5.91 Å². The van der Waals surface area contributed by atoms with E-state index in [0.717, 1.165) is 24.8 Å². The van der Waals surface area contributed by atoms with Crippen LogP contribution in [0, 0.1) is 17.3 Å². The maximum absolute atomic E-state index is 11.9. The Morgan fingerprint density at radius 1 is 1.30 bits per heavy atom. The maximum atomic E-state index is 11.9. The van der Waals surface area contributed by atoms with Gasteiger partial charge in [0.25, 0.3) is 0 Å². The zero-order chi connectivity index (χ0) is 14.2. The third kappa shape index (κ3) is 2.69. The van der Waals surface area contributed by atoms with Crippen LogP contribution in [0.3, 0.4) is 0 Å². The monoisotopic (exact) mass is 273 g/mol. The lowest BCUT2D eigenvalue weighted by Gasteiger charge is -2.13. The molecule has 3 rings (SSSR count). The molecule has 2 atom stereocenters. The molecule has 0 bridgehead atoms. The van der Waals surface area contributed by atoms with Gasteiger partial charge in [-0.3, -0.25) is 9.59 Å². The fourth-order valence-electron chi connectivity index (χ4n) is 2.92. The van der Waals surface area contributed by atoms with E-state index in [2.05, 4.69) is 5.32 Å². The highest BCUT2D eigenvalue weighted by Gasteiger charge is 2.65. The Morgan fingerprint density at radius 3 is 2.55 bits per heavy atom. The van der Waals surface area contributed by atoms with Crippen molar-refractivity contribution in [2.45, 2.75) is 25.7 Å². The minimum Gasteiger partial charge on any atom is -0.481 e. The standard InChI is InChI=1S/C16H19NO3/c18-14(13-9-16(13)6-7-16)17-10-12(15(19)20)8-11-4-2-1-3-5-11/h1-5,12-13H,6-10H2,(H,17,18)(H,19,20). The van der Waals surface area contributed by atoms with Crippen LogP contribution in [-0.2, 0) is 16.0 Å². The molecule has 2 N–H and O–H groups in total. The minimum absolute atomic E-state index is 0.0433. The number of carboxylic acids is 1. The lowest BCUT2D eigenvalue weighted by molar-refractivity contribution is -0.141. The molecule has 2 aliphatic carbocycles. The van der Waals surface area contributed by atoms with Gasteiger partial charge in [-0.05, 0) is 36.7 Å². The summed E-state index contributed by atoms with van der Waals surface area (Å²) in [7, 11) is 0. The van der Waals surface area contributed by atoms with Crippen LogP contribution in [0.25, 0.3) is 0 Å². The van der Waals surface area contributed by atoms with Crippen LogP contribution >= 0.6 is 0 Å². The van der Waals surface area contributed by atoms with Crippen molar-refractivity contribution in [1.29, 1.82) is 0 Å². The SMILES string of the molecule is O=C(O)C(CNC(=O)C1CC12CC2)Cc1ccccc1. The number of amides is 1. The average molecular weight is 273 g/mol. The molecule has 2 aliphatic rings. The molecule has 0 heterocycles. The van der Waals surface area contributed by atoms with E-state index in [1.54, 1.807) is 0 Å². The Kier molecular flexibility index (Phi) is 3.24. The maximum Gasteiger partial charge on any atom is 0.308 e. The smallest absolute Gasteiger partial charge is 0.308 e. The number of carbonyl (C=O) groups excluding carboxylic acids is 1. The molecular weight excluding hydrogens is 254 g/mol. The molecule has 0 saturated heterocycles. The van der Waals surface area contributed by atoms with Crippen molar-refractivity contribution >= 4 is 11.9 Å². The second-order valence-corrected chi connectivity index (χ2v) is 6.09. The molecule has 1 spiro atoms. The van der Waals surface area contributed by atoms with E-state index in [1.165, 1.54) is 0 Å². The van der Waals surface area contributed by atoms with Crippen molar-refractivity contribution in [2.24, 2.45) is 17.3 Å². The Bertz CT molecular complexity index is 522. The Balaban J connectivity index is 1.52. The molecule has 0 aromatic heterocycles. The molecule has 4 nitrogen and oxygen atoms in total. The van der Waals surface area contributed by atoms with Crippen molar-refractivity contribution in [3.63, 3.8) is 0 Å². The molecule has 2 saturated carbocycles. The summed E-state index contributed by atoms with van der Waals surface area (Å²) in [6.07, 6.45) is 3.77. The number of carbonyl (C=O) groups is 2. The van der Waals surface area contributed by atoms with Gasteiger partial charge in [-0.2, -0.15) is 0 Å². The normalized spacial score (nSPS) is 23.1. The molecular formula is C16H19NO3. The number of carboxylic acid groups (broad SMARTS) is 1.